The first-order valence-electron chi connectivity index (χ1n) is 11.4. The number of hydrogen-bond donors (Lipinski definition) is 0. The summed E-state index contributed by atoms with van der Waals surface area (Å²) in [7, 11) is 0. The summed E-state index contributed by atoms with van der Waals surface area (Å²) in [5.41, 5.74) is 8.17. The number of rotatable bonds is 2. The van der Waals surface area contributed by atoms with Crippen LogP contribution in [0, 0.1) is 27.3 Å². The zero-order valence-corrected chi connectivity index (χ0v) is 22.9. The summed E-state index contributed by atoms with van der Waals surface area (Å²) in [5.74, 6) is 0. The molecule has 0 unspecified atom stereocenters. The van der Waals surface area contributed by atoms with Crippen molar-refractivity contribution in [3.63, 3.8) is 0 Å². The fourth-order valence-corrected chi connectivity index (χ4v) is 4.91. The minimum absolute atomic E-state index is 0. The summed E-state index contributed by atoms with van der Waals surface area (Å²) in [4.78, 5) is 0. The average molecular weight is 522 g/mol. The van der Waals surface area contributed by atoms with E-state index < -0.39 is 0 Å². The van der Waals surface area contributed by atoms with Gasteiger partial charge in [0.05, 0.1) is 0 Å². The van der Waals surface area contributed by atoms with Crippen LogP contribution >= 0.6 is 0 Å². The Morgan fingerprint density at radius 1 is 0.647 bits per heavy atom. The Hall–Kier alpha value is -2.37. The zero-order chi connectivity index (χ0) is 22.0. The first-order chi connectivity index (χ1) is 15.8. The molecule has 0 nitrogen and oxygen atoms in total. The molecule has 0 aromatic heterocycles. The molecule has 4 aromatic carbocycles. The van der Waals surface area contributed by atoms with Crippen molar-refractivity contribution in [3.05, 3.63) is 153 Å². The second-order valence-electron chi connectivity index (χ2n) is 8.08. The van der Waals surface area contributed by atoms with Crippen LogP contribution in [0.4, 0.5) is 0 Å². The van der Waals surface area contributed by atoms with Crippen molar-refractivity contribution in [2.75, 3.05) is 0 Å². The Balaban J connectivity index is 0.000000191. The number of fused-ring (bicyclic) bond motifs is 3. The monoisotopic (exact) mass is 520 g/mol. The normalized spacial score (nSPS) is 12.2. The van der Waals surface area contributed by atoms with Crippen LogP contribution in [0.15, 0.2) is 103 Å². The third kappa shape index (κ3) is 7.57. The predicted molar refractivity (Wildman–Crippen MR) is 145 cm³/mol. The van der Waals surface area contributed by atoms with Gasteiger partial charge in [0.2, 0.25) is 0 Å². The molecule has 1 fully saturated rings. The quantitative estimate of drug-likeness (QED) is 0.204. The molecule has 2 aliphatic carbocycles. The van der Waals surface area contributed by atoms with Crippen LogP contribution in [0.2, 0.25) is 0 Å². The third-order valence-corrected chi connectivity index (χ3v) is 7.23. The van der Waals surface area contributed by atoms with Gasteiger partial charge in [-0.25, -0.2) is 0 Å². The largest absolute Gasteiger partial charge is 0.179 e. The average Bonchev–Trinajstić information content (AvgIpc) is 3.57. The molecule has 6 rings (SSSR count). The van der Waals surface area contributed by atoms with Crippen molar-refractivity contribution in [2.45, 2.75) is 32.1 Å². The smallest absolute Gasteiger partial charge is 0.0253 e. The van der Waals surface area contributed by atoms with E-state index in [1.807, 2.05) is 6.07 Å². The van der Waals surface area contributed by atoms with Gasteiger partial charge in [-0.3, -0.25) is 0 Å². The van der Waals surface area contributed by atoms with Gasteiger partial charge in [-0.05, 0) is 6.42 Å². The van der Waals surface area contributed by atoms with Crippen molar-refractivity contribution in [1.29, 1.82) is 0 Å². The van der Waals surface area contributed by atoms with E-state index in [0.29, 0.717) is 0 Å². The van der Waals surface area contributed by atoms with E-state index in [0.717, 1.165) is 6.42 Å². The zero-order valence-electron chi connectivity index (χ0n) is 20.4. The molecule has 0 spiro atoms. The maximum atomic E-state index is 3.30. The van der Waals surface area contributed by atoms with Crippen LogP contribution in [-0.4, -0.2) is 3.21 Å². The molecule has 2 aliphatic rings. The van der Waals surface area contributed by atoms with Crippen LogP contribution in [0.3, 0.4) is 0 Å². The van der Waals surface area contributed by atoms with Gasteiger partial charge in [0.25, 0.3) is 0 Å². The molecule has 0 radical (unpaired) electrons. The van der Waals surface area contributed by atoms with Crippen LogP contribution in [0.25, 0.3) is 11.1 Å². The molecular weight excluding hydrogens is 488 g/mol. The minimum Gasteiger partial charge on any atom is -0.179 e. The minimum atomic E-state index is 0. The maximum Gasteiger partial charge on any atom is -0.0253 e. The van der Waals surface area contributed by atoms with Gasteiger partial charge in [0.15, 0.2) is 0 Å². The maximum absolute atomic E-state index is 3.30. The van der Waals surface area contributed by atoms with Gasteiger partial charge in [-0.2, -0.15) is 42.7 Å². The SMILES string of the molecule is [CH-]1CCCC1.[CH3-].[CH3-].[Zr]=[C](c1ccccc1)c1ccccc1.[c-]1cccc2c1Cc1ccccc1-2. The summed E-state index contributed by atoms with van der Waals surface area (Å²) >= 11 is 1.46. The summed E-state index contributed by atoms with van der Waals surface area (Å²) < 4.78 is 1.42. The Labute approximate surface area is 222 Å². The van der Waals surface area contributed by atoms with Gasteiger partial charge >= 0.3 is 99.2 Å². The molecule has 1 saturated carbocycles. The molecule has 174 valence electrons. The molecule has 0 bridgehead atoms. The van der Waals surface area contributed by atoms with E-state index in [9.17, 15) is 0 Å². The molecular formula is C33H34Zr-4. The molecule has 0 aliphatic heterocycles. The molecule has 0 N–H and O–H groups in total. The molecule has 1 heteroatoms. The van der Waals surface area contributed by atoms with Crippen molar-refractivity contribution >= 4 is 3.21 Å². The Morgan fingerprint density at radius 3 is 1.74 bits per heavy atom. The van der Waals surface area contributed by atoms with Gasteiger partial charge in [0.1, 0.15) is 0 Å². The van der Waals surface area contributed by atoms with E-state index in [2.05, 4.69) is 110 Å². The Kier molecular flexibility index (Phi) is 12.1. The van der Waals surface area contributed by atoms with E-state index in [1.165, 1.54) is 86.5 Å². The van der Waals surface area contributed by atoms with Crippen molar-refractivity contribution < 1.29 is 24.2 Å². The van der Waals surface area contributed by atoms with E-state index >= 15 is 0 Å². The van der Waals surface area contributed by atoms with Gasteiger partial charge in [-0.1, -0.05) is 48.2 Å². The second kappa shape index (κ2) is 14.8. The number of benzene rings is 4. The molecule has 4 aromatic rings. The fourth-order valence-electron chi connectivity index (χ4n) is 4.10. The summed E-state index contributed by atoms with van der Waals surface area (Å²) in [6.45, 7) is 0. The second-order valence-corrected chi connectivity index (χ2v) is 9.31. The fraction of sp³-hybridized carbons (Fsp3) is 0.152. The first kappa shape index (κ1) is 27.9. The van der Waals surface area contributed by atoms with Gasteiger partial charge < -0.3 is 21.3 Å². The van der Waals surface area contributed by atoms with Crippen LogP contribution in [0.5, 0.6) is 0 Å². The van der Waals surface area contributed by atoms with Crippen molar-refractivity contribution in [2.24, 2.45) is 0 Å². The van der Waals surface area contributed by atoms with Crippen LogP contribution in [-0.2, 0) is 30.7 Å². The van der Waals surface area contributed by atoms with Crippen molar-refractivity contribution in [1.82, 2.24) is 0 Å². The predicted octanol–water partition coefficient (Wildman–Crippen LogP) is 8.53. The molecule has 0 heterocycles. The standard InChI is InChI=1S/C13H9.C13H10.C5H9.2CH3.Zr/c1-3-7-12-10(5-1)9-11-6-2-4-8-13(11)12;1-3-7-12(8-4-1)11-13-9-5-2-6-10-13;1-2-4-5-3-1;;;/h1-5,7-8H,9H2;1-10H;1H,2-5H2;2*1H3;/q-1;;3*-1;. The van der Waals surface area contributed by atoms with Crippen LogP contribution in [0.1, 0.15) is 47.9 Å². The van der Waals surface area contributed by atoms with Crippen LogP contribution < -0.4 is 0 Å². The molecule has 34 heavy (non-hydrogen) atoms. The van der Waals surface area contributed by atoms with Gasteiger partial charge in [0, 0.05) is 0 Å². The number of hydrogen-bond acceptors (Lipinski definition) is 0. The topological polar surface area (TPSA) is 0 Å². The third-order valence-electron chi connectivity index (χ3n) is 5.81. The summed E-state index contributed by atoms with van der Waals surface area (Å²) in [6.07, 6.45) is 9.05. The summed E-state index contributed by atoms with van der Waals surface area (Å²) in [5, 5.41) is 0. The summed E-state index contributed by atoms with van der Waals surface area (Å²) in [6, 6.07) is 39.2. The molecule has 0 atom stereocenters. The van der Waals surface area contributed by atoms with Gasteiger partial charge in [-0.15, -0.1) is 5.56 Å². The Bertz CT molecular complexity index is 1030. The Morgan fingerprint density at radius 2 is 1.18 bits per heavy atom. The molecule has 0 saturated heterocycles. The van der Waals surface area contributed by atoms with E-state index in [-0.39, 0.29) is 14.9 Å². The van der Waals surface area contributed by atoms with E-state index in [4.69, 9.17) is 0 Å². The van der Waals surface area contributed by atoms with E-state index in [1.54, 1.807) is 0 Å². The van der Waals surface area contributed by atoms with Crippen molar-refractivity contribution in [3.8, 4) is 11.1 Å². The first-order valence-corrected chi connectivity index (χ1v) is 12.6. The molecule has 0 amide bonds.